The van der Waals surface area contributed by atoms with Crippen LogP contribution in [0.2, 0.25) is 0 Å². The number of amides is 1. The summed E-state index contributed by atoms with van der Waals surface area (Å²) in [7, 11) is 1.92. The molecule has 0 aliphatic heterocycles. The molecule has 21 heavy (non-hydrogen) atoms. The summed E-state index contributed by atoms with van der Waals surface area (Å²) in [4.78, 5) is 16.6. The topological polar surface area (TPSA) is 46.9 Å². The molecular formula is C17H17N3O. The first-order chi connectivity index (χ1) is 10.2. The predicted octanol–water partition coefficient (Wildman–Crippen LogP) is 2.81. The summed E-state index contributed by atoms with van der Waals surface area (Å²) in [6.07, 6.45) is 1.72. The zero-order valence-corrected chi connectivity index (χ0v) is 12.1. The van der Waals surface area contributed by atoms with Gasteiger partial charge in [-0.1, -0.05) is 24.3 Å². The van der Waals surface area contributed by atoms with Gasteiger partial charge in [0.15, 0.2) is 0 Å². The number of hydrogen-bond donors (Lipinski definition) is 1. The van der Waals surface area contributed by atoms with Crippen molar-refractivity contribution in [2.45, 2.75) is 13.5 Å². The van der Waals surface area contributed by atoms with Crippen LogP contribution >= 0.6 is 0 Å². The van der Waals surface area contributed by atoms with Gasteiger partial charge in [-0.2, -0.15) is 0 Å². The molecule has 4 heteroatoms. The third-order valence-corrected chi connectivity index (χ3v) is 3.65. The Kier molecular flexibility index (Phi) is 3.44. The lowest BCUT2D eigenvalue weighted by molar-refractivity contribution is 0.0942. The quantitative estimate of drug-likeness (QED) is 0.801. The minimum atomic E-state index is -0.0845. The number of carbonyl (C=O) groups is 1. The predicted molar refractivity (Wildman–Crippen MR) is 83.1 cm³/mol. The Morgan fingerprint density at radius 2 is 2.10 bits per heavy atom. The lowest BCUT2D eigenvalue weighted by Gasteiger charge is -2.07. The molecular weight excluding hydrogens is 262 g/mol. The van der Waals surface area contributed by atoms with Gasteiger partial charge in [0, 0.05) is 18.6 Å². The zero-order valence-electron chi connectivity index (χ0n) is 12.1. The van der Waals surface area contributed by atoms with Crippen LogP contribution in [-0.2, 0) is 13.6 Å². The number of fused-ring (bicyclic) bond motifs is 1. The summed E-state index contributed by atoms with van der Waals surface area (Å²) in [5.74, 6) is -0.0845. The number of para-hydroxylation sites is 1. The SMILES string of the molecule is Cc1cccc2cc(C(=O)NCc3ccccn3)n(C)c12. The van der Waals surface area contributed by atoms with Crippen LogP contribution in [0.3, 0.4) is 0 Å². The number of hydrogen-bond acceptors (Lipinski definition) is 2. The highest BCUT2D eigenvalue weighted by Gasteiger charge is 2.14. The number of pyridine rings is 1. The van der Waals surface area contributed by atoms with Crippen LogP contribution in [0.4, 0.5) is 0 Å². The van der Waals surface area contributed by atoms with E-state index in [1.54, 1.807) is 6.20 Å². The van der Waals surface area contributed by atoms with Crippen molar-refractivity contribution in [3.8, 4) is 0 Å². The van der Waals surface area contributed by atoms with Crippen LogP contribution in [0.25, 0.3) is 10.9 Å². The number of rotatable bonds is 3. The van der Waals surface area contributed by atoms with E-state index in [0.29, 0.717) is 12.2 Å². The summed E-state index contributed by atoms with van der Waals surface area (Å²) >= 11 is 0. The van der Waals surface area contributed by atoms with Gasteiger partial charge in [0.2, 0.25) is 0 Å². The zero-order chi connectivity index (χ0) is 14.8. The molecule has 1 N–H and O–H groups in total. The van der Waals surface area contributed by atoms with Crippen molar-refractivity contribution in [3.05, 3.63) is 65.6 Å². The summed E-state index contributed by atoms with van der Waals surface area (Å²) < 4.78 is 1.94. The van der Waals surface area contributed by atoms with E-state index in [0.717, 1.165) is 16.6 Å². The van der Waals surface area contributed by atoms with Gasteiger partial charge in [0.1, 0.15) is 5.69 Å². The number of benzene rings is 1. The molecule has 2 heterocycles. The molecule has 0 aliphatic rings. The molecule has 0 fully saturated rings. The van der Waals surface area contributed by atoms with Crippen LogP contribution in [-0.4, -0.2) is 15.5 Å². The number of aromatic nitrogens is 2. The standard InChI is InChI=1S/C17H17N3O/c1-12-6-5-7-13-10-15(20(2)16(12)13)17(21)19-11-14-8-3-4-9-18-14/h3-10H,11H2,1-2H3,(H,19,21). The molecule has 0 bridgehead atoms. The second-order valence-electron chi connectivity index (χ2n) is 5.11. The van der Waals surface area contributed by atoms with Crippen LogP contribution in [0.1, 0.15) is 21.7 Å². The van der Waals surface area contributed by atoms with E-state index in [2.05, 4.69) is 23.3 Å². The molecule has 1 aromatic carbocycles. The average molecular weight is 279 g/mol. The number of aryl methyl sites for hydroxylation is 2. The molecule has 0 saturated carbocycles. The Labute approximate surface area is 123 Å². The third-order valence-electron chi connectivity index (χ3n) is 3.65. The van der Waals surface area contributed by atoms with Crippen molar-refractivity contribution in [2.75, 3.05) is 0 Å². The Morgan fingerprint density at radius 1 is 1.24 bits per heavy atom. The fourth-order valence-electron chi connectivity index (χ4n) is 2.60. The molecule has 0 unspecified atom stereocenters. The Bertz CT molecular complexity index is 790. The summed E-state index contributed by atoms with van der Waals surface area (Å²) in [6, 6.07) is 13.7. The normalized spacial score (nSPS) is 10.8. The molecule has 0 aliphatic carbocycles. The molecule has 106 valence electrons. The maximum atomic E-state index is 12.4. The molecule has 4 nitrogen and oxygen atoms in total. The molecule has 3 aromatic rings. The smallest absolute Gasteiger partial charge is 0.268 e. The van der Waals surface area contributed by atoms with E-state index in [1.165, 1.54) is 5.56 Å². The molecule has 3 rings (SSSR count). The van der Waals surface area contributed by atoms with Crippen molar-refractivity contribution in [1.29, 1.82) is 0 Å². The summed E-state index contributed by atoms with van der Waals surface area (Å²) in [6.45, 7) is 2.48. The highest BCUT2D eigenvalue weighted by molar-refractivity contribution is 5.99. The highest BCUT2D eigenvalue weighted by atomic mass is 16.1. The van der Waals surface area contributed by atoms with Crippen LogP contribution in [0, 0.1) is 6.92 Å². The number of nitrogens with zero attached hydrogens (tertiary/aromatic N) is 2. The number of carbonyl (C=O) groups excluding carboxylic acids is 1. The van der Waals surface area contributed by atoms with E-state index >= 15 is 0 Å². The minimum Gasteiger partial charge on any atom is -0.345 e. The summed E-state index contributed by atoms with van der Waals surface area (Å²) in [5, 5.41) is 4.00. The first kappa shape index (κ1) is 13.4. The van der Waals surface area contributed by atoms with Crippen LogP contribution < -0.4 is 5.32 Å². The first-order valence-corrected chi connectivity index (χ1v) is 6.90. The van der Waals surface area contributed by atoms with Gasteiger partial charge in [0.05, 0.1) is 17.8 Å². The third kappa shape index (κ3) is 2.52. The highest BCUT2D eigenvalue weighted by Crippen LogP contribution is 2.21. The van der Waals surface area contributed by atoms with E-state index in [1.807, 2.05) is 48.0 Å². The van der Waals surface area contributed by atoms with Gasteiger partial charge >= 0.3 is 0 Å². The van der Waals surface area contributed by atoms with Crippen molar-refractivity contribution in [1.82, 2.24) is 14.9 Å². The maximum Gasteiger partial charge on any atom is 0.268 e. The Morgan fingerprint density at radius 3 is 2.81 bits per heavy atom. The van der Waals surface area contributed by atoms with Crippen molar-refractivity contribution in [2.24, 2.45) is 7.05 Å². The van der Waals surface area contributed by atoms with Crippen LogP contribution in [0.5, 0.6) is 0 Å². The average Bonchev–Trinajstić information content (AvgIpc) is 2.84. The lowest BCUT2D eigenvalue weighted by atomic mass is 10.2. The monoisotopic (exact) mass is 279 g/mol. The van der Waals surface area contributed by atoms with Crippen LogP contribution in [0.15, 0.2) is 48.7 Å². The largest absolute Gasteiger partial charge is 0.345 e. The fraction of sp³-hybridized carbons (Fsp3) is 0.176. The number of nitrogens with one attached hydrogen (secondary N) is 1. The van der Waals surface area contributed by atoms with Gasteiger partial charge < -0.3 is 9.88 Å². The van der Waals surface area contributed by atoms with Crippen molar-refractivity contribution >= 4 is 16.8 Å². The van der Waals surface area contributed by atoms with Gasteiger partial charge in [-0.15, -0.1) is 0 Å². The van der Waals surface area contributed by atoms with Crippen molar-refractivity contribution < 1.29 is 4.79 Å². The second kappa shape index (κ2) is 5.40. The van der Waals surface area contributed by atoms with Gasteiger partial charge in [0.25, 0.3) is 5.91 Å². The fourth-order valence-corrected chi connectivity index (χ4v) is 2.60. The van der Waals surface area contributed by atoms with Gasteiger partial charge in [-0.3, -0.25) is 9.78 Å². The minimum absolute atomic E-state index is 0.0845. The molecule has 2 aromatic heterocycles. The van der Waals surface area contributed by atoms with Gasteiger partial charge in [-0.05, 0) is 30.7 Å². The first-order valence-electron chi connectivity index (χ1n) is 6.90. The van der Waals surface area contributed by atoms with Gasteiger partial charge in [-0.25, -0.2) is 0 Å². The molecule has 0 spiro atoms. The van der Waals surface area contributed by atoms with E-state index in [4.69, 9.17) is 0 Å². The molecule has 0 atom stereocenters. The van der Waals surface area contributed by atoms with E-state index in [-0.39, 0.29) is 5.91 Å². The lowest BCUT2D eigenvalue weighted by Crippen LogP contribution is -2.25. The van der Waals surface area contributed by atoms with E-state index in [9.17, 15) is 4.79 Å². The molecule has 0 radical (unpaired) electrons. The van der Waals surface area contributed by atoms with Crippen molar-refractivity contribution in [3.63, 3.8) is 0 Å². The molecule has 1 amide bonds. The molecule has 0 saturated heterocycles. The Hall–Kier alpha value is -2.62. The Balaban J connectivity index is 1.85. The van der Waals surface area contributed by atoms with E-state index < -0.39 is 0 Å². The summed E-state index contributed by atoms with van der Waals surface area (Å²) in [5.41, 5.74) is 3.77. The maximum absolute atomic E-state index is 12.4. The second-order valence-corrected chi connectivity index (χ2v) is 5.11.